The number of carbonyl (C=O) groups is 1. The van der Waals surface area contributed by atoms with E-state index in [-0.39, 0.29) is 11.4 Å². The molecule has 0 saturated heterocycles. The molecule has 0 aliphatic carbocycles. The lowest BCUT2D eigenvalue weighted by Crippen LogP contribution is -2.35. The summed E-state index contributed by atoms with van der Waals surface area (Å²) < 4.78 is 31.4. The molecular formula is C18H22N2O4S. The molecule has 2 aromatic rings. The minimum absolute atomic E-state index is 0.122. The summed E-state index contributed by atoms with van der Waals surface area (Å²) in [6, 6.07) is 11.9. The van der Waals surface area contributed by atoms with Crippen LogP contribution in [0.4, 0.5) is 5.69 Å². The number of rotatable bonds is 6. The predicted molar refractivity (Wildman–Crippen MR) is 97.4 cm³/mol. The maximum absolute atomic E-state index is 12.6. The fourth-order valence-corrected chi connectivity index (χ4v) is 3.61. The summed E-state index contributed by atoms with van der Waals surface area (Å²) in [5.41, 5.74) is 2.35. The fourth-order valence-electron chi connectivity index (χ4n) is 2.40. The van der Waals surface area contributed by atoms with Gasteiger partial charge in [0.15, 0.2) is 0 Å². The maximum atomic E-state index is 12.6. The summed E-state index contributed by atoms with van der Waals surface area (Å²) in [6.07, 6.45) is 0. The summed E-state index contributed by atoms with van der Waals surface area (Å²) in [4.78, 5) is 12.3. The van der Waals surface area contributed by atoms with Crippen LogP contribution in [0.5, 0.6) is 5.75 Å². The number of carbonyl (C=O) groups excluding carboxylic acids is 1. The zero-order valence-corrected chi connectivity index (χ0v) is 15.6. The summed E-state index contributed by atoms with van der Waals surface area (Å²) in [5.74, 6) is 0.209. The van der Waals surface area contributed by atoms with E-state index in [0.29, 0.717) is 17.0 Å². The SMILES string of the molecule is COc1ccc(S(=O)(=O)N(C)CC(=O)Nc2cccc(C)c2)cc1C. The van der Waals surface area contributed by atoms with Gasteiger partial charge in [0.2, 0.25) is 15.9 Å². The first-order chi connectivity index (χ1) is 11.7. The van der Waals surface area contributed by atoms with Gasteiger partial charge in [-0.1, -0.05) is 12.1 Å². The molecule has 134 valence electrons. The molecule has 0 atom stereocenters. The topological polar surface area (TPSA) is 75.7 Å². The van der Waals surface area contributed by atoms with Gasteiger partial charge in [0, 0.05) is 12.7 Å². The second-order valence-electron chi connectivity index (χ2n) is 5.81. The Hall–Kier alpha value is -2.38. The van der Waals surface area contributed by atoms with Crippen molar-refractivity contribution in [1.29, 1.82) is 0 Å². The molecule has 0 unspecified atom stereocenters. The monoisotopic (exact) mass is 362 g/mol. The highest BCUT2D eigenvalue weighted by Crippen LogP contribution is 2.23. The molecule has 0 aliphatic rings. The highest BCUT2D eigenvalue weighted by atomic mass is 32.2. The number of hydrogen-bond acceptors (Lipinski definition) is 4. The number of ether oxygens (including phenoxy) is 1. The van der Waals surface area contributed by atoms with Crippen molar-refractivity contribution in [3.8, 4) is 5.75 Å². The van der Waals surface area contributed by atoms with Crippen molar-refractivity contribution < 1.29 is 17.9 Å². The van der Waals surface area contributed by atoms with E-state index in [1.165, 1.54) is 26.3 Å². The summed E-state index contributed by atoms with van der Waals surface area (Å²) >= 11 is 0. The van der Waals surface area contributed by atoms with Crippen molar-refractivity contribution in [2.45, 2.75) is 18.7 Å². The minimum atomic E-state index is -3.77. The average Bonchev–Trinajstić information content (AvgIpc) is 2.54. The largest absolute Gasteiger partial charge is 0.496 e. The van der Waals surface area contributed by atoms with Crippen molar-refractivity contribution in [1.82, 2.24) is 4.31 Å². The highest BCUT2D eigenvalue weighted by molar-refractivity contribution is 7.89. The lowest BCUT2D eigenvalue weighted by molar-refractivity contribution is -0.116. The Morgan fingerprint density at radius 2 is 1.88 bits per heavy atom. The number of sulfonamides is 1. The minimum Gasteiger partial charge on any atom is -0.496 e. The van der Waals surface area contributed by atoms with Crippen molar-refractivity contribution >= 4 is 21.6 Å². The Bertz CT molecular complexity index is 878. The van der Waals surface area contributed by atoms with Gasteiger partial charge >= 0.3 is 0 Å². The molecular weight excluding hydrogens is 340 g/mol. The van der Waals surface area contributed by atoms with E-state index < -0.39 is 15.9 Å². The van der Waals surface area contributed by atoms with Crippen LogP contribution >= 0.6 is 0 Å². The second kappa shape index (κ2) is 7.67. The average molecular weight is 362 g/mol. The molecule has 0 aliphatic heterocycles. The van der Waals surface area contributed by atoms with Crippen LogP contribution in [0.2, 0.25) is 0 Å². The Morgan fingerprint density at radius 3 is 2.48 bits per heavy atom. The van der Waals surface area contributed by atoms with Crippen molar-refractivity contribution in [3.05, 3.63) is 53.6 Å². The quantitative estimate of drug-likeness (QED) is 0.857. The van der Waals surface area contributed by atoms with E-state index in [9.17, 15) is 13.2 Å². The molecule has 0 heterocycles. The van der Waals surface area contributed by atoms with Gasteiger partial charge in [0.25, 0.3) is 0 Å². The molecule has 0 bridgehead atoms. The third-order valence-corrected chi connectivity index (χ3v) is 5.54. The second-order valence-corrected chi connectivity index (χ2v) is 7.86. The van der Waals surface area contributed by atoms with Crippen molar-refractivity contribution in [2.75, 3.05) is 26.0 Å². The Labute approximate surface area is 148 Å². The number of likely N-dealkylation sites (N-methyl/N-ethyl adjacent to an activating group) is 1. The number of aryl methyl sites for hydroxylation is 2. The van der Waals surface area contributed by atoms with Gasteiger partial charge < -0.3 is 10.1 Å². The fraction of sp³-hybridized carbons (Fsp3) is 0.278. The molecule has 0 spiro atoms. The number of benzene rings is 2. The third-order valence-electron chi connectivity index (χ3n) is 3.74. The molecule has 7 heteroatoms. The van der Waals surface area contributed by atoms with E-state index in [1.54, 1.807) is 19.1 Å². The molecule has 1 N–H and O–H groups in total. The Balaban J connectivity index is 2.11. The van der Waals surface area contributed by atoms with E-state index >= 15 is 0 Å². The number of nitrogens with zero attached hydrogens (tertiary/aromatic N) is 1. The summed E-state index contributed by atoms with van der Waals surface area (Å²) in [6.45, 7) is 3.40. The van der Waals surface area contributed by atoms with E-state index in [4.69, 9.17) is 4.74 Å². The highest BCUT2D eigenvalue weighted by Gasteiger charge is 2.23. The standard InChI is InChI=1S/C18H22N2O4S/c1-13-6-5-7-15(10-13)19-18(21)12-20(3)25(22,23)16-8-9-17(24-4)14(2)11-16/h5-11H,12H2,1-4H3,(H,19,21). The van der Waals surface area contributed by atoms with Crippen molar-refractivity contribution in [3.63, 3.8) is 0 Å². The maximum Gasteiger partial charge on any atom is 0.243 e. The molecule has 0 radical (unpaired) electrons. The first kappa shape index (κ1) is 19.0. The molecule has 0 aromatic heterocycles. The van der Waals surface area contributed by atoms with Crippen LogP contribution in [0.25, 0.3) is 0 Å². The van der Waals surface area contributed by atoms with Crippen LogP contribution in [0.3, 0.4) is 0 Å². The number of hydrogen-bond donors (Lipinski definition) is 1. The molecule has 1 amide bonds. The smallest absolute Gasteiger partial charge is 0.243 e. The molecule has 25 heavy (non-hydrogen) atoms. The van der Waals surface area contributed by atoms with Gasteiger partial charge in [-0.15, -0.1) is 0 Å². The number of methoxy groups -OCH3 is 1. The third kappa shape index (κ3) is 4.58. The first-order valence-corrected chi connectivity index (χ1v) is 9.15. The van der Waals surface area contributed by atoms with Gasteiger partial charge in [0.1, 0.15) is 5.75 Å². The van der Waals surface area contributed by atoms with Crippen LogP contribution in [-0.2, 0) is 14.8 Å². The van der Waals surface area contributed by atoms with Gasteiger partial charge in [-0.25, -0.2) is 8.42 Å². The van der Waals surface area contributed by atoms with E-state index in [0.717, 1.165) is 9.87 Å². The number of nitrogens with one attached hydrogen (secondary N) is 1. The van der Waals surface area contributed by atoms with Gasteiger partial charge in [0.05, 0.1) is 18.6 Å². The molecule has 0 fully saturated rings. The predicted octanol–water partition coefficient (Wildman–Crippen LogP) is 2.57. The van der Waals surface area contributed by atoms with Crippen LogP contribution in [0.15, 0.2) is 47.4 Å². The van der Waals surface area contributed by atoms with Crippen LogP contribution < -0.4 is 10.1 Å². The normalized spacial score (nSPS) is 11.4. The molecule has 2 aromatic carbocycles. The molecule has 2 rings (SSSR count). The summed E-state index contributed by atoms with van der Waals surface area (Å²) in [5, 5.41) is 2.70. The summed E-state index contributed by atoms with van der Waals surface area (Å²) in [7, 11) is -0.859. The Morgan fingerprint density at radius 1 is 1.16 bits per heavy atom. The zero-order chi connectivity index (χ0) is 18.6. The number of amides is 1. The Kier molecular flexibility index (Phi) is 5.81. The van der Waals surface area contributed by atoms with Crippen molar-refractivity contribution in [2.24, 2.45) is 0 Å². The van der Waals surface area contributed by atoms with Gasteiger partial charge in [-0.2, -0.15) is 4.31 Å². The van der Waals surface area contributed by atoms with Crippen LogP contribution in [-0.4, -0.2) is 39.3 Å². The lowest BCUT2D eigenvalue weighted by atomic mass is 10.2. The molecule has 6 nitrogen and oxygen atoms in total. The zero-order valence-electron chi connectivity index (χ0n) is 14.7. The van der Waals surface area contributed by atoms with Crippen LogP contribution in [0.1, 0.15) is 11.1 Å². The van der Waals surface area contributed by atoms with E-state index in [1.807, 2.05) is 25.1 Å². The first-order valence-electron chi connectivity index (χ1n) is 7.71. The van der Waals surface area contributed by atoms with Gasteiger partial charge in [-0.05, 0) is 55.3 Å². The van der Waals surface area contributed by atoms with E-state index in [2.05, 4.69) is 5.32 Å². The molecule has 0 saturated carbocycles. The lowest BCUT2D eigenvalue weighted by Gasteiger charge is -2.18. The number of anilines is 1. The van der Waals surface area contributed by atoms with Crippen LogP contribution in [0, 0.1) is 13.8 Å². The van der Waals surface area contributed by atoms with Gasteiger partial charge in [-0.3, -0.25) is 4.79 Å².